The summed E-state index contributed by atoms with van der Waals surface area (Å²) in [5.74, 6) is 1.77. The molecule has 0 bridgehead atoms. The second kappa shape index (κ2) is 13.2. The van der Waals surface area contributed by atoms with Gasteiger partial charge >= 0.3 is 0 Å². The third kappa shape index (κ3) is 9.28. The van der Waals surface area contributed by atoms with Crippen molar-refractivity contribution in [2.75, 3.05) is 0 Å². The van der Waals surface area contributed by atoms with Crippen LogP contribution < -0.4 is 0 Å². The third-order valence-electron chi connectivity index (χ3n) is 5.87. The van der Waals surface area contributed by atoms with Gasteiger partial charge in [-0.2, -0.15) is 0 Å². The molecule has 1 aromatic rings. The van der Waals surface area contributed by atoms with Crippen LogP contribution in [0.3, 0.4) is 0 Å². The van der Waals surface area contributed by atoms with Gasteiger partial charge < -0.3 is 0 Å². The summed E-state index contributed by atoms with van der Waals surface area (Å²) in [5, 5.41) is 0. The van der Waals surface area contributed by atoms with Crippen molar-refractivity contribution >= 4 is 0 Å². The van der Waals surface area contributed by atoms with Crippen molar-refractivity contribution < 1.29 is 0 Å². The molecule has 25 heavy (non-hydrogen) atoms. The first-order valence-electron chi connectivity index (χ1n) is 11.1. The van der Waals surface area contributed by atoms with Crippen molar-refractivity contribution in [3.05, 3.63) is 48.0 Å². The zero-order chi connectivity index (χ0) is 17.6. The summed E-state index contributed by atoms with van der Waals surface area (Å²) in [6.45, 7) is 2.29. The molecule has 0 unspecified atom stereocenters. The monoisotopic (exact) mass is 340 g/mol. The van der Waals surface area contributed by atoms with Crippen LogP contribution in [0.15, 0.2) is 42.5 Å². The average molecular weight is 341 g/mol. The first kappa shape index (κ1) is 20.3. The molecule has 0 radical (unpaired) electrons. The van der Waals surface area contributed by atoms with Crippen molar-refractivity contribution in [3.63, 3.8) is 0 Å². The molecule has 1 aromatic carbocycles. The minimum absolute atomic E-state index is 0.859. The van der Waals surface area contributed by atoms with Crippen LogP contribution in [0.4, 0.5) is 0 Å². The number of allylic oxidation sites excluding steroid dienone is 2. The SMILES string of the molecule is CCCCCCCCC=CC1CCCC(Cc2ccccc2)CCC1. The Hall–Kier alpha value is -1.04. The Bertz CT molecular complexity index is 434. The smallest absolute Gasteiger partial charge is 0.0234 e. The molecule has 2 rings (SSSR count). The van der Waals surface area contributed by atoms with Gasteiger partial charge in [0.1, 0.15) is 0 Å². The van der Waals surface area contributed by atoms with E-state index in [-0.39, 0.29) is 0 Å². The van der Waals surface area contributed by atoms with E-state index in [4.69, 9.17) is 0 Å². The van der Waals surface area contributed by atoms with E-state index in [0.29, 0.717) is 0 Å². The van der Waals surface area contributed by atoms with Gasteiger partial charge in [-0.3, -0.25) is 0 Å². The molecule has 1 aliphatic carbocycles. The van der Waals surface area contributed by atoms with Gasteiger partial charge in [0.2, 0.25) is 0 Å². The molecule has 0 atom stereocenters. The van der Waals surface area contributed by atoms with E-state index in [9.17, 15) is 0 Å². The lowest BCUT2D eigenvalue weighted by Crippen LogP contribution is -2.10. The summed E-state index contributed by atoms with van der Waals surface area (Å²) in [6.07, 6.45) is 24.6. The molecule has 0 nitrogen and oxygen atoms in total. The Labute approximate surface area is 157 Å². The Morgan fingerprint density at radius 1 is 0.840 bits per heavy atom. The van der Waals surface area contributed by atoms with Crippen LogP contribution in [0.5, 0.6) is 0 Å². The Kier molecular flexibility index (Phi) is 10.7. The molecule has 0 aliphatic heterocycles. The van der Waals surface area contributed by atoms with Gasteiger partial charge in [-0.05, 0) is 49.5 Å². The largest absolute Gasteiger partial charge is 0.0883 e. The van der Waals surface area contributed by atoms with Crippen LogP contribution in [0.2, 0.25) is 0 Å². The summed E-state index contributed by atoms with van der Waals surface area (Å²) in [6, 6.07) is 11.1. The van der Waals surface area contributed by atoms with Crippen LogP contribution in [0.1, 0.15) is 96.0 Å². The molecule has 0 aromatic heterocycles. The minimum Gasteiger partial charge on any atom is -0.0883 e. The fourth-order valence-electron chi connectivity index (χ4n) is 4.30. The van der Waals surface area contributed by atoms with Gasteiger partial charge in [-0.1, -0.05) is 107 Å². The van der Waals surface area contributed by atoms with Crippen molar-refractivity contribution in [2.24, 2.45) is 11.8 Å². The second-order valence-corrected chi connectivity index (χ2v) is 8.16. The number of hydrogen-bond acceptors (Lipinski definition) is 0. The topological polar surface area (TPSA) is 0 Å². The fraction of sp³-hybridized carbons (Fsp3) is 0.680. The van der Waals surface area contributed by atoms with E-state index in [1.165, 1.54) is 95.5 Å². The fourth-order valence-corrected chi connectivity index (χ4v) is 4.30. The van der Waals surface area contributed by atoms with Gasteiger partial charge in [0.05, 0.1) is 0 Å². The minimum atomic E-state index is 0.859. The molecule has 0 heterocycles. The van der Waals surface area contributed by atoms with Crippen molar-refractivity contribution in [2.45, 2.75) is 96.8 Å². The highest BCUT2D eigenvalue weighted by Gasteiger charge is 2.15. The lowest BCUT2D eigenvalue weighted by atomic mass is 9.83. The van der Waals surface area contributed by atoms with Crippen LogP contribution in [-0.4, -0.2) is 0 Å². The maximum absolute atomic E-state index is 2.56. The quantitative estimate of drug-likeness (QED) is 0.298. The van der Waals surface area contributed by atoms with Gasteiger partial charge in [0, 0.05) is 0 Å². The van der Waals surface area contributed by atoms with Crippen molar-refractivity contribution in [3.8, 4) is 0 Å². The molecule has 1 aliphatic rings. The molecule has 0 spiro atoms. The number of rotatable bonds is 10. The maximum Gasteiger partial charge on any atom is -0.0234 e. The maximum atomic E-state index is 2.56. The van der Waals surface area contributed by atoms with E-state index < -0.39 is 0 Å². The highest BCUT2D eigenvalue weighted by molar-refractivity contribution is 5.15. The van der Waals surface area contributed by atoms with Crippen LogP contribution in [0, 0.1) is 11.8 Å². The second-order valence-electron chi connectivity index (χ2n) is 8.16. The lowest BCUT2D eigenvalue weighted by Gasteiger charge is -2.23. The van der Waals surface area contributed by atoms with E-state index in [2.05, 4.69) is 49.4 Å². The Balaban J connectivity index is 1.58. The van der Waals surface area contributed by atoms with E-state index >= 15 is 0 Å². The lowest BCUT2D eigenvalue weighted by molar-refractivity contribution is 0.344. The van der Waals surface area contributed by atoms with Crippen molar-refractivity contribution in [1.82, 2.24) is 0 Å². The molecule has 0 heteroatoms. The first-order valence-corrected chi connectivity index (χ1v) is 11.1. The summed E-state index contributed by atoms with van der Waals surface area (Å²) >= 11 is 0. The number of unbranched alkanes of at least 4 members (excludes halogenated alkanes) is 6. The van der Waals surface area contributed by atoms with Gasteiger partial charge in [0.25, 0.3) is 0 Å². The Morgan fingerprint density at radius 3 is 2.24 bits per heavy atom. The summed E-state index contributed by atoms with van der Waals surface area (Å²) < 4.78 is 0. The molecular formula is C25H40. The van der Waals surface area contributed by atoms with Crippen LogP contribution in [-0.2, 0) is 6.42 Å². The van der Waals surface area contributed by atoms with E-state index in [1.54, 1.807) is 0 Å². The van der Waals surface area contributed by atoms with Crippen molar-refractivity contribution in [1.29, 1.82) is 0 Å². The standard InChI is InChI=1S/C25H40/c1-2-3-4-5-6-7-8-10-15-23-18-13-20-25(21-14-19-23)22-24-16-11-9-12-17-24/h9-12,15-17,23,25H,2-8,13-14,18-22H2,1H3. The average Bonchev–Trinajstić information content (AvgIpc) is 2.61. The summed E-state index contributed by atoms with van der Waals surface area (Å²) in [7, 11) is 0. The van der Waals surface area contributed by atoms with E-state index in [0.717, 1.165) is 11.8 Å². The third-order valence-corrected chi connectivity index (χ3v) is 5.87. The Morgan fingerprint density at radius 2 is 1.52 bits per heavy atom. The zero-order valence-electron chi connectivity index (χ0n) is 16.6. The van der Waals surface area contributed by atoms with Gasteiger partial charge in [-0.25, -0.2) is 0 Å². The first-order chi connectivity index (χ1) is 12.4. The predicted octanol–water partition coefficient (Wildman–Crippen LogP) is 8.12. The number of hydrogen-bond donors (Lipinski definition) is 0. The molecule has 1 saturated carbocycles. The molecule has 1 fully saturated rings. The highest BCUT2D eigenvalue weighted by Crippen LogP contribution is 2.29. The molecule has 140 valence electrons. The molecular weight excluding hydrogens is 300 g/mol. The number of benzene rings is 1. The normalized spacial score (nSPS) is 22.0. The molecule has 0 amide bonds. The molecule has 0 N–H and O–H groups in total. The predicted molar refractivity (Wildman–Crippen MR) is 112 cm³/mol. The highest BCUT2D eigenvalue weighted by atomic mass is 14.2. The van der Waals surface area contributed by atoms with Gasteiger partial charge in [0.15, 0.2) is 0 Å². The zero-order valence-corrected chi connectivity index (χ0v) is 16.6. The summed E-state index contributed by atoms with van der Waals surface area (Å²) in [5.41, 5.74) is 1.53. The van der Waals surface area contributed by atoms with Gasteiger partial charge in [-0.15, -0.1) is 0 Å². The summed E-state index contributed by atoms with van der Waals surface area (Å²) in [4.78, 5) is 0. The van der Waals surface area contributed by atoms with E-state index in [1.807, 2.05) is 0 Å². The van der Waals surface area contributed by atoms with Crippen LogP contribution >= 0.6 is 0 Å². The van der Waals surface area contributed by atoms with Crippen LogP contribution in [0.25, 0.3) is 0 Å². The molecule has 0 saturated heterocycles.